The van der Waals surface area contributed by atoms with Crippen LogP contribution in [0.3, 0.4) is 0 Å². The number of esters is 1. The number of fused-ring (bicyclic) bond motifs is 1. The highest BCUT2D eigenvalue weighted by Crippen LogP contribution is 2.50. The number of aliphatic hydroxyl groups is 2. The number of nitrogen functional groups attached to an aromatic ring is 2. The summed E-state index contributed by atoms with van der Waals surface area (Å²) in [5.74, 6) is -1.75. The lowest BCUT2D eigenvalue weighted by atomic mass is 10.1. The molecule has 78 heavy (non-hydrogen) atoms. The van der Waals surface area contributed by atoms with Gasteiger partial charge in [-0.1, -0.05) is 42.5 Å². The van der Waals surface area contributed by atoms with E-state index in [-0.39, 0.29) is 54.7 Å². The second-order valence-corrected chi connectivity index (χ2v) is 20.5. The maximum atomic E-state index is 14.5. The number of likely N-dealkylation sites (tertiary alicyclic amines) is 1. The highest BCUT2D eigenvalue weighted by molar-refractivity contribution is 7.47. The number of nitrogens with two attached hydrogens (primary N) is 2. The maximum absolute atomic E-state index is 14.5. The number of rotatable bonds is 19. The Morgan fingerprint density at radius 2 is 1.49 bits per heavy atom. The Balaban J connectivity index is 0.920. The number of nitrogens with zero attached hydrogens (tertiary/aromatic N) is 7. The lowest BCUT2D eigenvalue weighted by Gasteiger charge is -2.27. The van der Waals surface area contributed by atoms with Crippen LogP contribution in [0.1, 0.15) is 30.0 Å². The van der Waals surface area contributed by atoms with Crippen molar-refractivity contribution in [1.29, 1.82) is 0 Å². The second-order valence-electron chi connectivity index (χ2n) is 17.8. The average Bonchev–Trinajstić information content (AvgIpc) is 4.29. The smallest absolute Gasteiger partial charge is 0.472 e. The van der Waals surface area contributed by atoms with Gasteiger partial charge in [0, 0.05) is 18.3 Å². The maximum Gasteiger partial charge on any atom is 0.472 e. The largest absolute Gasteiger partial charge is 0.488 e. The molecule has 0 spiro atoms. The minimum atomic E-state index is -5.51. The summed E-state index contributed by atoms with van der Waals surface area (Å²) in [6, 6.07) is 20.1. The quantitative estimate of drug-likeness (QED) is 0.0420. The molecule has 1 unspecified atom stereocenters. The SMILES string of the molecule is Nc1ccn([C@@H]2O[C@H](COP(=O)(O)O)[C@@H](OP(=O)(O)OC[C@H]3O[C@@H](n4cnc5c(N)ncnc54)[C@H](O)[C@@H]3OC(=O)[C@@H]3C[C@@H](Oc4ccccc4)CN3C(=O)OCc3ccc(NC(=O)Cc4ccc(F)cc4)cc3)[C@H]2O)c(=O)n1. The minimum Gasteiger partial charge on any atom is -0.488 e. The number of imidazole rings is 1. The number of anilines is 3. The van der Waals surface area contributed by atoms with Gasteiger partial charge < -0.3 is 65.4 Å². The van der Waals surface area contributed by atoms with E-state index in [1.54, 1.807) is 54.6 Å². The predicted octanol–water partition coefficient (Wildman–Crippen LogP) is 1.47. The van der Waals surface area contributed by atoms with Crippen molar-refractivity contribution in [2.75, 3.05) is 36.5 Å². The normalized spacial score (nSPS) is 24.9. The number of para-hydroxylation sites is 1. The number of carbonyl (C=O) groups is 3. The summed E-state index contributed by atoms with van der Waals surface area (Å²) < 4.78 is 85.3. The molecule has 3 aromatic heterocycles. The molecule has 2 amide bonds. The van der Waals surface area contributed by atoms with E-state index in [4.69, 9.17) is 44.2 Å². The molecule has 3 fully saturated rings. The monoisotopic (exact) mass is 1130 g/mol. The second kappa shape index (κ2) is 23.3. The van der Waals surface area contributed by atoms with Gasteiger partial charge in [-0.15, -0.1) is 0 Å². The zero-order chi connectivity index (χ0) is 55.5. The van der Waals surface area contributed by atoms with E-state index in [1.807, 2.05) is 0 Å². The van der Waals surface area contributed by atoms with Gasteiger partial charge in [0.05, 0.1) is 32.5 Å². The molecule has 6 aromatic rings. The van der Waals surface area contributed by atoms with Crippen molar-refractivity contribution in [3.05, 3.63) is 131 Å². The van der Waals surface area contributed by atoms with Crippen molar-refractivity contribution in [3.63, 3.8) is 0 Å². The van der Waals surface area contributed by atoms with Gasteiger partial charge in [-0.25, -0.2) is 42.9 Å². The van der Waals surface area contributed by atoms with Gasteiger partial charge in [-0.05, 0) is 53.6 Å². The van der Waals surface area contributed by atoms with Crippen molar-refractivity contribution in [1.82, 2.24) is 34.0 Å². The highest BCUT2D eigenvalue weighted by atomic mass is 31.2. The summed E-state index contributed by atoms with van der Waals surface area (Å²) in [5, 5.41) is 26.0. The number of phosphoric acid groups is 2. The molecule has 9 rings (SSSR count). The fourth-order valence-corrected chi connectivity index (χ4v) is 10.1. The van der Waals surface area contributed by atoms with Crippen LogP contribution >= 0.6 is 15.6 Å². The first-order valence-corrected chi connectivity index (χ1v) is 26.5. The molecule has 0 saturated carbocycles. The fourth-order valence-electron chi connectivity index (χ4n) is 8.76. The molecule has 414 valence electrons. The van der Waals surface area contributed by atoms with Crippen LogP contribution in [-0.4, -0.2) is 145 Å². The van der Waals surface area contributed by atoms with Crippen LogP contribution in [0.2, 0.25) is 0 Å². The molecule has 0 bridgehead atoms. The molecule has 0 aliphatic carbocycles. The van der Waals surface area contributed by atoms with Crippen molar-refractivity contribution in [3.8, 4) is 5.75 Å². The van der Waals surface area contributed by atoms with Gasteiger partial charge in [-0.2, -0.15) is 4.98 Å². The number of carbonyl (C=O) groups excluding carboxylic acids is 3. The highest BCUT2D eigenvalue weighted by Gasteiger charge is 2.53. The lowest BCUT2D eigenvalue weighted by Crippen LogP contribution is -2.46. The van der Waals surface area contributed by atoms with Gasteiger partial charge in [0.25, 0.3) is 0 Å². The third-order valence-electron chi connectivity index (χ3n) is 12.4. The average molecular weight is 1130 g/mol. The van der Waals surface area contributed by atoms with Crippen LogP contribution in [0.25, 0.3) is 11.2 Å². The van der Waals surface area contributed by atoms with Crippen molar-refractivity contribution in [2.45, 2.75) is 80.7 Å². The summed E-state index contributed by atoms with van der Waals surface area (Å²) in [6.07, 6.45) is -13.0. The minimum absolute atomic E-state index is 0.00726. The molecule has 3 aromatic carbocycles. The molecule has 3 aliphatic heterocycles. The Labute approximate surface area is 439 Å². The molecule has 3 saturated heterocycles. The number of hydrogen-bond acceptors (Lipinski definition) is 22. The van der Waals surface area contributed by atoms with Crippen LogP contribution in [0, 0.1) is 5.82 Å². The number of halogens is 1. The topological polar surface area (TPSA) is 406 Å². The van der Waals surface area contributed by atoms with Crippen molar-refractivity contribution >= 4 is 62.1 Å². The van der Waals surface area contributed by atoms with Gasteiger partial charge in [-0.3, -0.25) is 32.4 Å². The van der Waals surface area contributed by atoms with E-state index < -0.39 is 114 Å². The van der Waals surface area contributed by atoms with E-state index in [0.717, 1.165) is 28.1 Å². The Morgan fingerprint density at radius 1 is 0.821 bits per heavy atom. The number of nitrogens with one attached hydrogen (secondary N) is 1. The van der Waals surface area contributed by atoms with E-state index in [0.29, 0.717) is 22.6 Å². The van der Waals surface area contributed by atoms with Crippen LogP contribution in [0.5, 0.6) is 5.75 Å². The van der Waals surface area contributed by atoms with Gasteiger partial charge in [0.15, 0.2) is 30.0 Å². The van der Waals surface area contributed by atoms with Crippen LogP contribution in [0.4, 0.5) is 26.5 Å². The Kier molecular flexibility index (Phi) is 16.6. The predicted molar refractivity (Wildman–Crippen MR) is 262 cm³/mol. The third kappa shape index (κ3) is 13.2. The number of benzene rings is 3. The molecule has 6 heterocycles. The molecular weight excluding hydrogens is 1080 g/mol. The molecular formula is C46H49FN10O19P2. The van der Waals surface area contributed by atoms with E-state index in [9.17, 15) is 57.6 Å². The van der Waals surface area contributed by atoms with Crippen LogP contribution in [-0.2, 0) is 64.3 Å². The van der Waals surface area contributed by atoms with Crippen LogP contribution < -0.4 is 27.2 Å². The number of hydrogen-bond donors (Lipinski definition) is 8. The lowest BCUT2D eigenvalue weighted by molar-refractivity contribution is -0.161. The first-order chi connectivity index (χ1) is 37.2. The van der Waals surface area contributed by atoms with Crippen molar-refractivity contribution in [2.24, 2.45) is 0 Å². The third-order valence-corrected chi connectivity index (χ3v) is 13.9. The van der Waals surface area contributed by atoms with E-state index >= 15 is 0 Å². The summed E-state index contributed by atoms with van der Waals surface area (Å²) in [6.45, 7) is -2.58. The van der Waals surface area contributed by atoms with Gasteiger partial charge >= 0.3 is 33.4 Å². The van der Waals surface area contributed by atoms with Crippen molar-refractivity contribution < 1.29 is 90.1 Å². The molecule has 32 heteroatoms. The molecule has 29 nitrogen and oxygen atoms in total. The standard InChI is InChI=1S/C46H49FN10O19P2/c47-26-10-6-24(7-11-26)16-34(58)53-27-12-8-25(9-13-27)19-69-46(63)56-18-29(72-28-4-2-1-3-5-28)17-30(56)44(61)75-38-31(73-43(36(38)59)57-23-52-35-40(49)50-22-51-41(35)57)21-71-78(67,68)76-39-32(20-70-77(64,65)66)74-42(37(39)60)55-15-14-33(48)54-45(55)62/h1-15,22-23,29-32,36-39,42-43,59-60H,16-21H2,(H,53,58)(H,67,68)(H2,48,54,62)(H2,49,50,51)(H2,64,65,66)/t29-,30+,31-,32-,36-,37-,38-,39-,42-,43-/m1/s1. The van der Waals surface area contributed by atoms with Gasteiger partial charge in [0.1, 0.15) is 78.5 Å². The number of amides is 2. The Morgan fingerprint density at radius 3 is 2.19 bits per heavy atom. The number of ether oxygens (including phenoxy) is 5. The summed E-state index contributed by atoms with van der Waals surface area (Å²) >= 11 is 0. The molecule has 10 N–H and O–H groups in total. The molecule has 0 radical (unpaired) electrons. The molecule has 11 atom stereocenters. The zero-order valence-corrected chi connectivity index (χ0v) is 42.1. The van der Waals surface area contributed by atoms with E-state index in [1.165, 1.54) is 35.2 Å². The molecule has 3 aliphatic rings. The van der Waals surface area contributed by atoms with E-state index in [2.05, 4.69) is 29.8 Å². The Hall–Kier alpha value is -7.31. The summed E-state index contributed by atoms with van der Waals surface area (Å²) in [4.78, 5) is 101. The zero-order valence-electron chi connectivity index (χ0n) is 40.3. The number of phosphoric ester groups is 2. The first kappa shape index (κ1) is 55.4. The Bertz CT molecular complexity index is 3290. The number of aliphatic hydroxyl groups excluding tert-OH is 2. The van der Waals surface area contributed by atoms with Gasteiger partial charge in [0.2, 0.25) is 5.91 Å². The van der Waals surface area contributed by atoms with Crippen LogP contribution in [0.15, 0.2) is 109 Å². The summed E-state index contributed by atoms with van der Waals surface area (Å²) in [5.41, 5.74) is 12.2. The number of aromatic nitrogens is 6. The first-order valence-electron chi connectivity index (χ1n) is 23.5. The fraction of sp³-hybridized carbons (Fsp3) is 0.348. The summed E-state index contributed by atoms with van der Waals surface area (Å²) in [7, 11) is -10.7.